The van der Waals surface area contributed by atoms with E-state index in [1.54, 1.807) is 11.6 Å². The van der Waals surface area contributed by atoms with Crippen molar-refractivity contribution in [3.05, 3.63) is 57.3 Å². The molecular formula is C19H19F3N4O. The standard InChI is InChI=1S/C19H19F3N4O/c1-10(9-12-3-7-14(8-4-12)19(20,21)22)26-17-15(16(25-26)13-5-6-13)18(27)24-11(2)23-17/h3-4,7-8,10,13H,5-6,9H2,1-2H3,(H,23,24,27)/t10-/m0/s1. The second-order valence-corrected chi connectivity index (χ2v) is 7.20. The number of nitrogens with one attached hydrogen (secondary N) is 1. The zero-order chi connectivity index (χ0) is 19.3. The predicted octanol–water partition coefficient (Wildman–Crippen LogP) is 4.13. The molecule has 2 aromatic heterocycles. The molecule has 5 nitrogen and oxygen atoms in total. The second kappa shape index (κ2) is 6.21. The van der Waals surface area contributed by atoms with Crippen LogP contribution in [-0.4, -0.2) is 19.7 Å². The van der Waals surface area contributed by atoms with Gasteiger partial charge in [-0.25, -0.2) is 9.67 Å². The molecule has 8 heteroatoms. The SMILES string of the molecule is Cc1nc2c(c(C3CC3)nn2[C@@H](C)Cc2ccc(C(F)(F)F)cc2)c(=O)[nH]1. The van der Waals surface area contributed by atoms with Crippen molar-refractivity contribution in [1.29, 1.82) is 0 Å². The summed E-state index contributed by atoms with van der Waals surface area (Å²) in [6, 6.07) is 5.00. The molecule has 0 bridgehead atoms. The lowest BCUT2D eigenvalue weighted by Crippen LogP contribution is -2.14. The molecule has 142 valence electrons. The number of halogens is 3. The fraction of sp³-hybridized carbons (Fsp3) is 0.421. The van der Waals surface area contributed by atoms with Gasteiger partial charge in [-0.1, -0.05) is 12.1 Å². The van der Waals surface area contributed by atoms with Crippen molar-refractivity contribution >= 4 is 11.0 Å². The maximum absolute atomic E-state index is 12.7. The van der Waals surface area contributed by atoms with Crippen molar-refractivity contribution in [2.75, 3.05) is 0 Å². The monoisotopic (exact) mass is 376 g/mol. The summed E-state index contributed by atoms with van der Waals surface area (Å²) in [5.41, 5.74) is 1.24. The molecule has 0 unspecified atom stereocenters. The highest BCUT2D eigenvalue weighted by atomic mass is 19.4. The van der Waals surface area contributed by atoms with Gasteiger partial charge in [0.1, 0.15) is 11.2 Å². The average molecular weight is 376 g/mol. The van der Waals surface area contributed by atoms with Crippen molar-refractivity contribution in [2.24, 2.45) is 0 Å². The Balaban J connectivity index is 1.69. The van der Waals surface area contributed by atoms with Crippen LogP contribution in [0.1, 0.15) is 54.4 Å². The summed E-state index contributed by atoms with van der Waals surface area (Å²) >= 11 is 0. The maximum Gasteiger partial charge on any atom is 0.416 e. The van der Waals surface area contributed by atoms with Gasteiger partial charge in [-0.2, -0.15) is 18.3 Å². The van der Waals surface area contributed by atoms with Crippen molar-refractivity contribution < 1.29 is 13.2 Å². The number of H-pyrrole nitrogens is 1. The minimum absolute atomic E-state index is 0.148. The van der Waals surface area contributed by atoms with Gasteiger partial charge in [0.05, 0.1) is 17.3 Å². The number of nitrogens with zero attached hydrogens (tertiary/aromatic N) is 3. The Kier molecular flexibility index (Phi) is 4.09. The van der Waals surface area contributed by atoms with Gasteiger partial charge in [-0.3, -0.25) is 4.79 Å². The molecule has 1 fully saturated rings. The number of alkyl halides is 3. The number of hydrogen-bond donors (Lipinski definition) is 1. The Labute approximate surface area is 153 Å². The van der Waals surface area contributed by atoms with Crippen LogP contribution in [0.2, 0.25) is 0 Å². The molecule has 1 atom stereocenters. The van der Waals surface area contributed by atoms with Crippen molar-refractivity contribution in [3.63, 3.8) is 0 Å². The third-order valence-electron chi connectivity index (χ3n) is 4.90. The number of fused-ring (bicyclic) bond motifs is 1. The summed E-state index contributed by atoms with van der Waals surface area (Å²) in [7, 11) is 0. The minimum atomic E-state index is -4.34. The summed E-state index contributed by atoms with van der Waals surface area (Å²) in [5.74, 6) is 0.801. The molecule has 0 spiro atoms. The highest BCUT2D eigenvalue weighted by Crippen LogP contribution is 2.41. The van der Waals surface area contributed by atoms with Crippen LogP contribution in [-0.2, 0) is 12.6 Å². The summed E-state index contributed by atoms with van der Waals surface area (Å²) in [6.45, 7) is 3.65. The van der Waals surface area contributed by atoms with Crippen LogP contribution < -0.4 is 5.56 Å². The topological polar surface area (TPSA) is 63.6 Å². The fourth-order valence-electron chi connectivity index (χ4n) is 3.39. The number of aromatic amines is 1. The van der Waals surface area contributed by atoms with E-state index in [2.05, 4.69) is 15.1 Å². The molecule has 0 aliphatic heterocycles. The number of aryl methyl sites for hydroxylation is 1. The largest absolute Gasteiger partial charge is 0.416 e. The molecule has 1 aromatic carbocycles. The summed E-state index contributed by atoms with van der Waals surface area (Å²) < 4.78 is 39.9. The molecule has 2 heterocycles. The third-order valence-corrected chi connectivity index (χ3v) is 4.90. The zero-order valence-electron chi connectivity index (χ0n) is 15.0. The summed E-state index contributed by atoms with van der Waals surface area (Å²) in [5, 5.41) is 5.19. The molecule has 0 saturated heterocycles. The van der Waals surface area contributed by atoms with Gasteiger partial charge in [0.25, 0.3) is 5.56 Å². The van der Waals surface area contributed by atoms with Crippen LogP contribution in [0.5, 0.6) is 0 Å². The van der Waals surface area contributed by atoms with E-state index in [9.17, 15) is 18.0 Å². The smallest absolute Gasteiger partial charge is 0.310 e. The third kappa shape index (κ3) is 3.36. The zero-order valence-corrected chi connectivity index (χ0v) is 15.0. The van der Waals surface area contributed by atoms with E-state index in [0.29, 0.717) is 23.3 Å². The first-order chi connectivity index (χ1) is 12.7. The Morgan fingerprint density at radius 3 is 2.52 bits per heavy atom. The van der Waals surface area contributed by atoms with Crippen molar-refractivity contribution in [3.8, 4) is 0 Å². The summed E-state index contributed by atoms with van der Waals surface area (Å²) in [4.78, 5) is 19.6. The van der Waals surface area contributed by atoms with E-state index in [1.807, 2.05) is 6.92 Å². The molecule has 3 aromatic rings. The van der Waals surface area contributed by atoms with Gasteiger partial charge < -0.3 is 4.98 Å². The molecule has 1 aliphatic carbocycles. The van der Waals surface area contributed by atoms with Gasteiger partial charge in [-0.15, -0.1) is 0 Å². The first-order valence-corrected chi connectivity index (χ1v) is 8.89. The van der Waals surface area contributed by atoms with Gasteiger partial charge in [0.2, 0.25) is 0 Å². The first kappa shape index (κ1) is 17.8. The first-order valence-electron chi connectivity index (χ1n) is 8.89. The van der Waals surface area contributed by atoms with Crippen molar-refractivity contribution in [2.45, 2.75) is 51.2 Å². The van der Waals surface area contributed by atoms with Crippen LogP contribution in [0.15, 0.2) is 29.1 Å². The lowest BCUT2D eigenvalue weighted by Gasteiger charge is -2.14. The number of rotatable bonds is 4. The van der Waals surface area contributed by atoms with E-state index in [0.717, 1.165) is 36.2 Å². The maximum atomic E-state index is 12.7. The average Bonchev–Trinajstić information content (AvgIpc) is 3.35. The van der Waals surface area contributed by atoms with Gasteiger partial charge in [0, 0.05) is 5.92 Å². The summed E-state index contributed by atoms with van der Waals surface area (Å²) in [6.07, 6.45) is -1.84. The van der Waals surface area contributed by atoms with E-state index in [4.69, 9.17) is 0 Å². The molecule has 1 saturated carbocycles. The van der Waals surface area contributed by atoms with E-state index in [1.165, 1.54) is 12.1 Å². The quantitative estimate of drug-likeness (QED) is 0.745. The van der Waals surface area contributed by atoms with Crippen molar-refractivity contribution in [1.82, 2.24) is 19.7 Å². The molecule has 1 aliphatic rings. The molecule has 4 rings (SSSR count). The molecule has 1 N–H and O–H groups in total. The Morgan fingerprint density at radius 2 is 1.93 bits per heavy atom. The highest BCUT2D eigenvalue weighted by molar-refractivity contribution is 5.78. The lowest BCUT2D eigenvalue weighted by atomic mass is 10.1. The Hall–Kier alpha value is -2.64. The molecule has 0 radical (unpaired) electrons. The predicted molar refractivity (Wildman–Crippen MR) is 94.7 cm³/mol. The second-order valence-electron chi connectivity index (χ2n) is 7.20. The number of hydrogen-bond acceptors (Lipinski definition) is 3. The Morgan fingerprint density at radius 1 is 1.26 bits per heavy atom. The number of aromatic nitrogens is 4. The molecular weight excluding hydrogens is 357 g/mol. The van der Waals surface area contributed by atoms with Crippen LogP contribution in [0.25, 0.3) is 11.0 Å². The fourth-order valence-corrected chi connectivity index (χ4v) is 3.39. The number of benzene rings is 1. The van der Waals surface area contributed by atoms with E-state index in [-0.39, 0.29) is 17.5 Å². The highest BCUT2D eigenvalue weighted by Gasteiger charge is 2.32. The van der Waals surface area contributed by atoms with Crippen LogP contribution in [0, 0.1) is 6.92 Å². The normalized spacial score (nSPS) is 16.0. The molecule has 0 amide bonds. The van der Waals surface area contributed by atoms with Gasteiger partial charge in [0.15, 0.2) is 5.65 Å². The van der Waals surface area contributed by atoms with Gasteiger partial charge >= 0.3 is 6.18 Å². The van der Waals surface area contributed by atoms with Crippen LogP contribution >= 0.6 is 0 Å². The van der Waals surface area contributed by atoms with Crippen LogP contribution in [0.3, 0.4) is 0 Å². The van der Waals surface area contributed by atoms with Crippen LogP contribution in [0.4, 0.5) is 13.2 Å². The lowest BCUT2D eigenvalue weighted by molar-refractivity contribution is -0.137. The van der Waals surface area contributed by atoms with E-state index >= 15 is 0 Å². The van der Waals surface area contributed by atoms with Gasteiger partial charge in [-0.05, 0) is 50.8 Å². The Bertz CT molecular complexity index is 1050. The molecule has 27 heavy (non-hydrogen) atoms. The van der Waals surface area contributed by atoms with E-state index < -0.39 is 11.7 Å². The minimum Gasteiger partial charge on any atom is -0.310 e.